The highest BCUT2D eigenvalue weighted by Crippen LogP contribution is 2.24. The number of nitrogens with one attached hydrogen (secondary N) is 2. The van der Waals surface area contributed by atoms with Gasteiger partial charge in [-0.05, 0) is 39.3 Å². The second-order valence-electron chi connectivity index (χ2n) is 6.31. The molecule has 2 aromatic rings. The van der Waals surface area contributed by atoms with E-state index in [2.05, 4.69) is 20.6 Å². The van der Waals surface area contributed by atoms with Gasteiger partial charge in [0.05, 0.1) is 18.8 Å². The highest BCUT2D eigenvalue weighted by molar-refractivity contribution is 14.0. The number of benzene rings is 1. The van der Waals surface area contributed by atoms with Crippen molar-refractivity contribution in [1.82, 2.24) is 15.6 Å². The Bertz CT molecular complexity index is 803. The first kappa shape index (κ1) is 25.1. The van der Waals surface area contributed by atoms with Crippen LogP contribution in [0.25, 0.3) is 0 Å². The van der Waals surface area contributed by atoms with Crippen molar-refractivity contribution in [3.8, 4) is 5.75 Å². The van der Waals surface area contributed by atoms with Crippen LogP contribution in [0.1, 0.15) is 35.4 Å². The van der Waals surface area contributed by atoms with Gasteiger partial charge in [0.25, 0.3) is 0 Å². The summed E-state index contributed by atoms with van der Waals surface area (Å²) in [6, 6.07) is 5.11. The number of rotatable bonds is 7. The molecule has 0 saturated carbocycles. The molecule has 1 aromatic carbocycles. The Morgan fingerprint density at radius 2 is 1.93 bits per heavy atom. The highest BCUT2D eigenvalue weighted by atomic mass is 127. The zero-order valence-corrected chi connectivity index (χ0v) is 19.1. The fraction of sp³-hybridized carbons (Fsp3) is 0.474. The van der Waals surface area contributed by atoms with Crippen LogP contribution in [0.15, 0.2) is 27.6 Å². The lowest BCUT2D eigenvalue weighted by atomic mass is 10.1. The van der Waals surface area contributed by atoms with Gasteiger partial charge in [-0.3, -0.25) is 0 Å². The molecule has 2 rings (SSSR count). The van der Waals surface area contributed by atoms with Gasteiger partial charge in [-0.1, -0.05) is 12.1 Å². The van der Waals surface area contributed by atoms with E-state index in [-0.39, 0.29) is 36.3 Å². The van der Waals surface area contributed by atoms with Crippen molar-refractivity contribution in [2.75, 3.05) is 13.2 Å². The molecule has 1 heterocycles. The third-order valence-corrected chi connectivity index (χ3v) is 3.85. The Hall–Kier alpha value is -1.98. The molecule has 0 atom stereocenters. The maximum Gasteiger partial charge on any atom is 0.422 e. The Morgan fingerprint density at radius 1 is 1.21 bits per heavy atom. The predicted octanol–water partition coefficient (Wildman–Crippen LogP) is 4.41. The summed E-state index contributed by atoms with van der Waals surface area (Å²) in [7, 11) is 0. The Morgan fingerprint density at radius 3 is 2.52 bits per heavy atom. The van der Waals surface area contributed by atoms with E-state index in [1.165, 1.54) is 0 Å². The average Bonchev–Trinajstić information content (AvgIpc) is 2.94. The van der Waals surface area contributed by atoms with E-state index in [0.29, 0.717) is 30.5 Å². The lowest BCUT2D eigenvalue weighted by molar-refractivity contribution is -0.153. The first-order chi connectivity index (χ1) is 13.2. The Labute approximate surface area is 185 Å². The van der Waals surface area contributed by atoms with Crippen LogP contribution in [0.4, 0.5) is 13.2 Å². The molecule has 0 saturated heterocycles. The van der Waals surface area contributed by atoms with Gasteiger partial charge in [-0.2, -0.15) is 13.2 Å². The normalized spacial score (nSPS) is 11.8. The summed E-state index contributed by atoms with van der Waals surface area (Å²) in [5.41, 5.74) is 2.20. The summed E-state index contributed by atoms with van der Waals surface area (Å²) in [4.78, 5) is 8.72. The first-order valence-electron chi connectivity index (χ1n) is 8.92. The maximum atomic E-state index is 12.5. The van der Waals surface area contributed by atoms with Crippen LogP contribution in [0, 0.1) is 20.8 Å². The summed E-state index contributed by atoms with van der Waals surface area (Å²) in [5.74, 6) is 1.96. The minimum Gasteiger partial charge on any atom is -0.484 e. The number of aryl methyl sites for hydroxylation is 3. The van der Waals surface area contributed by atoms with Crippen LogP contribution in [-0.2, 0) is 13.1 Å². The van der Waals surface area contributed by atoms with E-state index < -0.39 is 12.8 Å². The molecule has 0 bridgehead atoms. The number of aromatic nitrogens is 1. The van der Waals surface area contributed by atoms with Gasteiger partial charge in [0.15, 0.2) is 12.6 Å². The van der Waals surface area contributed by atoms with Gasteiger partial charge in [0.1, 0.15) is 11.5 Å². The quantitative estimate of drug-likeness (QED) is 0.318. The molecule has 2 N–H and O–H groups in total. The van der Waals surface area contributed by atoms with Gasteiger partial charge in [0.2, 0.25) is 5.89 Å². The van der Waals surface area contributed by atoms with E-state index in [9.17, 15) is 13.2 Å². The van der Waals surface area contributed by atoms with E-state index >= 15 is 0 Å². The molecule has 6 nitrogen and oxygen atoms in total. The number of hydrogen-bond acceptors (Lipinski definition) is 4. The Balaban J connectivity index is 0.00000420. The van der Waals surface area contributed by atoms with Crippen LogP contribution >= 0.6 is 24.0 Å². The van der Waals surface area contributed by atoms with Crippen molar-refractivity contribution in [2.45, 2.75) is 47.0 Å². The monoisotopic (exact) mass is 526 g/mol. The second-order valence-corrected chi connectivity index (χ2v) is 6.31. The largest absolute Gasteiger partial charge is 0.484 e. The van der Waals surface area contributed by atoms with Crippen LogP contribution < -0.4 is 15.4 Å². The number of hydrogen-bond donors (Lipinski definition) is 2. The van der Waals surface area contributed by atoms with Crippen LogP contribution in [-0.4, -0.2) is 30.3 Å². The third kappa shape index (κ3) is 8.50. The predicted molar refractivity (Wildman–Crippen MR) is 116 cm³/mol. The standard InChI is InChI=1S/C19H25F3N4O2.HI/c1-5-23-18(25-10-17-26-13(3)14(4)28-17)24-9-15-7-6-12(2)8-16(15)27-11-19(20,21)22;/h6-8H,5,9-11H2,1-4H3,(H2,23,24,25);1H. The van der Waals surface area contributed by atoms with Crippen molar-refractivity contribution in [3.63, 3.8) is 0 Å². The molecule has 0 radical (unpaired) electrons. The molecule has 1 aromatic heterocycles. The van der Waals surface area contributed by atoms with Crippen molar-refractivity contribution in [3.05, 3.63) is 46.7 Å². The molecule has 0 unspecified atom stereocenters. The van der Waals surface area contributed by atoms with Gasteiger partial charge in [0, 0.05) is 12.1 Å². The Kier molecular flexibility index (Phi) is 9.74. The molecule has 0 aliphatic carbocycles. The van der Waals surface area contributed by atoms with Crippen molar-refractivity contribution in [2.24, 2.45) is 4.99 Å². The molecular weight excluding hydrogens is 500 g/mol. The van der Waals surface area contributed by atoms with Crippen molar-refractivity contribution < 1.29 is 22.3 Å². The minimum atomic E-state index is -4.40. The summed E-state index contributed by atoms with van der Waals surface area (Å²) < 4.78 is 48.0. The molecule has 10 heteroatoms. The van der Waals surface area contributed by atoms with Gasteiger partial charge in [-0.25, -0.2) is 9.98 Å². The molecular formula is C19H26F3IN4O2. The number of nitrogens with zero attached hydrogens (tertiary/aromatic N) is 2. The fourth-order valence-corrected chi connectivity index (χ4v) is 2.37. The van der Waals surface area contributed by atoms with E-state index in [0.717, 1.165) is 17.0 Å². The minimum absolute atomic E-state index is 0. The van der Waals surface area contributed by atoms with Crippen LogP contribution in [0.5, 0.6) is 5.75 Å². The number of aliphatic imine (C=N–C) groups is 1. The summed E-state index contributed by atoms with van der Waals surface area (Å²) in [6.07, 6.45) is -4.40. The van der Waals surface area contributed by atoms with Gasteiger partial charge >= 0.3 is 6.18 Å². The van der Waals surface area contributed by atoms with E-state index in [1.54, 1.807) is 19.1 Å². The molecule has 0 amide bonds. The molecule has 0 spiro atoms. The average molecular weight is 526 g/mol. The second kappa shape index (κ2) is 11.3. The van der Waals surface area contributed by atoms with Crippen LogP contribution in [0.2, 0.25) is 0 Å². The topological polar surface area (TPSA) is 71.7 Å². The van der Waals surface area contributed by atoms with Crippen molar-refractivity contribution in [1.29, 1.82) is 0 Å². The van der Waals surface area contributed by atoms with Crippen LogP contribution in [0.3, 0.4) is 0 Å². The fourth-order valence-electron chi connectivity index (χ4n) is 2.37. The summed E-state index contributed by atoms with van der Waals surface area (Å²) in [5, 5.41) is 6.18. The van der Waals surface area contributed by atoms with E-state index in [4.69, 9.17) is 9.15 Å². The summed E-state index contributed by atoms with van der Waals surface area (Å²) in [6.45, 7) is 7.19. The number of ether oxygens (including phenoxy) is 1. The number of guanidine groups is 1. The number of alkyl halides is 3. The molecule has 162 valence electrons. The zero-order chi connectivity index (χ0) is 20.7. The molecule has 0 fully saturated rings. The number of oxazole rings is 1. The van der Waals surface area contributed by atoms with Gasteiger partial charge in [-0.15, -0.1) is 24.0 Å². The molecule has 29 heavy (non-hydrogen) atoms. The lowest BCUT2D eigenvalue weighted by Crippen LogP contribution is -2.36. The van der Waals surface area contributed by atoms with Gasteiger partial charge < -0.3 is 19.8 Å². The maximum absolute atomic E-state index is 12.5. The molecule has 0 aliphatic heterocycles. The summed E-state index contributed by atoms with van der Waals surface area (Å²) >= 11 is 0. The zero-order valence-electron chi connectivity index (χ0n) is 16.8. The van der Waals surface area contributed by atoms with E-state index in [1.807, 2.05) is 26.8 Å². The smallest absolute Gasteiger partial charge is 0.422 e. The number of halogens is 4. The highest BCUT2D eigenvalue weighted by Gasteiger charge is 2.28. The first-order valence-corrected chi connectivity index (χ1v) is 8.92. The van der Waals surface area contributed by atoms with Crippen molar-refractivity contribution >= 4 is 29.9 Å². The molecule has 0 aliphatic rings. The SMILES string of the molecule is CCNC(=NCc1ccc(C)cc1OCC(F)(F)F)NCc1nc(C)c(C)o1.I. The lowest BCUT2D eigenvalue weighted by Gasteiger charge is -2.14. The third-order valence-electron chi connectivity index (χ3n) is 3.85.